The molecule has 21 heavy (non-hydrogen) atoms. The van der Waals surface area contributed by atoms with Gasteiger partial charge in [0.25, 0.3) is 0 Å². The van der Waals surface area contributed by atoms with Crippen molar-refractivity contribution < 1.29 is 19.4 Å². The molecule has 6 heteroatoms. The molecule has 0 aliphatic carbocycles. The number of ether oxygens (including phenoxy) is 1. The molecule has 0 heterocycles. The molecular formula is C15H22N2O4. The van der Waals surface area contributed by atoms with E-state index in [9.17, 15) is 9.59 Å². The maximum atomic E-state index is 12.1. The van der Waals surface area contributed by atoms with E-state index in [4.69, 9.17) is 9.84 Å². The lowest BCUT2D eigenvalue weighted by Crippen LogP contribution is -2.42. The van der Waals surface area contributed by atoms with Crippen molar-refractivity contribution in [3.8, 4) is 5.75 Å². The second-order valence-corrected chi connectivity index (χ2v) is 5.07. The summed E-state index contributed by atoms with van der Waals surface area (Å²) < 4.78 is 5.05. The van der Waals surface area contributed by atoms with Crippen LogP contribution in [0.4, 0.5) is 5.69 Å². The molecule has 0 spiro atoms. The van der Waals surface area contributed by atoms with Crippen molar-refractivity contribution in [3.05, 3.63) is 24.3 Å². The molecule has 2 N–H and O–H groups in total. The van der Waals surface area contributed by atoms with Crippen molar-refractivity contribution in [2.75, 3.05) is 26.0 Å². The van der Waals surface area contributed by atoms with Gasteiger partial charge in [-0.1, -0.05) is 6.92 Å². The maximum Gasteiger partial charge on any atom is 0.307 e. The quantitative estimate of drug-likeness (QED) is 0.800. The Hall–Kier alpha value is -2.08. The normalized spacial score (nSPS) is 13.6. The Morgan fingerprint density at radius 1 is 1.29 bits per heavy atom. The number of carbonyl (C=O) groups is 2. The number of amides is 1. The van der Waals surface area contributed by atoms with E-state index in [1.54, 1.807) is 57.2 Å². The van der Waals surface area contributed by atoms with Crippen LogP contribution in [0.2, 0.25) is 0 Å². The van der Waals surface area contributed by atoms with Gasteiger partial charge in [-0.25, -0.2) is 0 Å². The van der Waals surface area contributed by atoms with Crippen LogP contribution in [-0.2, 0) is 9.59 Å². The van der Waals surface area contributed by atoms with Crippen LogP contribution in [0, 0.1) is 5.92 Å². The molecule has 1 aromatic carbocycles. The van der Waals surface area contributed by atoms with Crippen LogP contribution < -0.4 is 10.1 Å². The summed E-state index contributed by atoms with van der Waals surface area (Å²) in [6.07, 6.45) is 0. The van der Waals surface area contributed by atoms with Crippen LogP contribution in [0.1, 0.15) is 13.8 Å². The summed E-state index contributed by atoms with van der Waals surface area (Å²) in [7, 11) is 3.31. The number of nitrogens with zero attached hydrogens (tertiary/aromatic N) is 1. The Labute approximate surface area is 124 Å². The van der Waals surface area contributed by atoms with E-state index in [-0.39, 0.29) is 5.91 Å². The Morgan fingerprint density at radius 2 is 1.86 bits per heavy atom. The second-order valence-electron chi connectivity index (χ2n) is 5.07. The van der Waals surface area contributed by atoms with Crippen LogP contribution in [-0.4, -0.2) is 48.6 Å². The van der Waals surface area contributed by atoms with Gasteiger partial charge in [0.2, 0.25) is 5.91 Å². The lowest BCUT2D eigenvalue weighted by molar-refractivity contribution is -0.142. The number of nitrogens with one attached hydrogen (secondary N) is 1. The first-order valence-corrected chi connectivity index (χ1v) is 6.73. The van der Waals surface area contributed by atoms with Gasteiger partial charge in [0.05, 0.1) is 19.1 Å². The molecule has 0 saturated carbocycles. The molecule has 2 unspecified atom stereocenters. The first kappa shape index (κ1) is 17.0. The van der Waals surface area contributed by atoms with Crippen LogP contribution in [0.15, 0.2) is 24.3 Å². The number of carboxylic acids is 1. The van der Waals surface area contributed by atoms with Crippen molar-refractivity contribution in [3.63, 3.8) is 0 Å². The van der Waals surface area contributed by atoms with E-state index in [0.717, 1.165) is 0 Å². The molecule has 1 amide bonds. The summed E-state index contributed by atoms with van der Waals surface area (Å²) in [4.78, 5) is 24.7. The molecule has 0 saturated heterocycles. The van der Waals surface area contributed by atoms with Gasteiger partial charge in [-0.3, -0.25) is 14.5 Å². The van der Waals surface area contributed by atoms with Crippen molar-refractivity contribution in [1.82, 2.24) is 4.90 Å². The predicted octanol–water partition coefficient (Wildman–Crippen LogP) is 1.67. The van der Waals surface area contributed by atoms with Gasteiger partial charge >= 0.3 is 5.97 Å². The number of hydrogen-bond donors (Lipinski definition) is 2. The Bertz CT molecular complexity index is 487. The average Bonchev–Trinajstić information content (AvgIpc) is 2.46. The van der Waals surface area contributed by atoms with Crippen molar-refractivity contribution >= 4 is 17.6 Å². The number of likely N-dealkylation sites (N-methyl/N-ethyl adjacent to an activating group) is 1. The highest BCUT2D eigenvalue weighted by molar-refractivity contribution is 5.94. The zero-order chi connectivity index (χ0) is 16.0. The van der Waals surface area contributed by atoms with Gasteiger partial charge < -0.3 is 15.2 Å². The summed E-state index contributed by atoms with van der Waals surface area (Å²) in [5, 5.41) is 11.7. The summed E-state index contributed by atoms with van der Waals surface area (Å²) >= 11 is 0. The molecule has 2 atom stereocenters. The van der Waals surface area contributed by atoms with Gasteiger partial charge in [-0.2, -0.15) is 0 Å². The average molecular weight is 294 g/mol. The fourth-order valence-corrected chi connectivity index (χ4v) is 1.79. The van der Waals surface area contributed by atoms with Crippen molar-refractivity contribution in [2.45, 2.75) is 19.9 Å². The molecule has 116 valence electrons. The van der Waals surface area contributed by atoms with E-state index in [1.165, 1.54) is 0 Å². The SMILES string of the molecule is COc1ccc(NC(=O)C(C)N(C)CC(C)C(=O)O)cc1. The lowest BCUT2D eigenvalue weighted by atomic mass is 10.1. The van der Waals surface area contributed by atoms with Crippen LogP contribution >= 0.6 is 0 Å². The summed E-state index contributed by atoms with van der Waals surface area (Å²) in [6.45, 7) is 3.67. The molecular weight excluding hydrogens is 272 g/mol. The van der Waals surface area contributed by atoms with Crippen LogP contribution in [0.3, 0.4) is 0 Å². The molecule has 6 nitrogen and oxygen atoms in total. The van der Waals surface area contributed by atoms with Gasteiger partial charge in [0.15, 0.2) is 0 Å². The summed E-state index contributed by atoms with van der Waals surface area (Å²) in [6, 6.07) is 6.61. The predicted molar refractivity (Wildman–Crippen MR) is 80.5 cm³/mol. The van der Waals surface area contributed by atoms with Crippen LogP contribution in [0.25, 0.3) is 0 Å². The monoisotopic (exact) mass is 294 g/mol. The number of rotatable bonds is 7. The Kier molecular flexibility index (Phi) is 6.17. The number of methoxy groups -OCH3 is 1. The Morgan fingerprint density at radius 3 is 2.33 bits per heavy atom. The van der Waals surface area contributed by atoms with E-state index in [2.05, 4.69) is 5.32 Å². The number of benzene rings is 1. The fraction of sp³-hybridized carbons (Fsp3) is 0.467. The minimum atomic E-state index is -0.871. The molecule has 0 aromatic heterocycles. The smallest absolute Gasteiger partial charge is 0.307 e. The highest BCUT2D eigenvalue weighted by Crippen LogP contribution is 2.15. The molecule has 0 aliphatic rings. The van der Waals surface area contributed by atoms with Gasteiger partial charge in [0.1, 0.15) is 5.75 Å². The number of aliphatic carboxylic acids is 1. The third kappa shape index (κ3) is 5.07. The maximum absolute atomic E-state index is 12.1. The van der Waals surface area contributed by atoms with E-state index in [0.29, 0.717) is 18.0 Å². The Balaban J connectivity index is 2.58. The first-order valence-electron chi connectivity index (χ1n) is 6.73. The van der Waals surface area contributed by atoms with E-state index >= 15 is 0 Å². The fourth-order valence-electron chi connectivity index (χ4n) is 1.79. The topological polar surface area (TPSA) is 78.9 Å². The zero-order valence-corrected chi connectivity index (χ0v) is 12.8. The van der Waals surface area contributed by atoms with E-state index in [1.807, 2.05) is 0 Å². The van der Waals surface area contributed by atoms with Gasteiger partial charge in [-0.05, 0) is 38.2 Å². The molecule has 1 rings (SSSR count). The van der Waals surface area contributed by atoms with Gasteiger partial charge in [0, 0.05) is 12.2 Å². The number of carboxylic acid groups (broad SMARTS) is 1. The number of anilines is 1. The highest BCUT2D eigenvalue weighted by Gasteiger charge is 2.22. The van der Waals surface area contributed by atoms with Crippen molar-refractivity contribution in [1.29, 1.82) is 0 Å². The van der Waals surface area contributed by atoms with Crippen molar-refractivity contribution in [2.24, 2.45) is 5.92 Å². The summed E-state index contributed by atoms with van der Waals surface area (Å²) in [5.74, 6) is -0.857. The summed E-state index contributed by atoms with van der Waals surface area (Å²) in [5.41, 5.74) is 0.673. The minimum Gasteiger partial charge on any atom is -0.497 e. The lowest BCUT2D eigenvalue weighted by Gasteiger charge is -2.25. The largest absolute Gasteiger partial charge is 0.497 e. The van der Waals surface area contributed by atoms with Crippen LogP contribution in [0.5, 0.6) is 5.75 Å². The third-order valence-corrected chi connectivity index (χ3v) is 3.38. The van der Waals surface area contributed by atoms with Gasteiger partial charge in [-0.15, -0.1) is 0 Å². The molecule has 0 bridgehead atoms. The number of hydrogen-bond acceptors (Lipinski definition) is 4. The second kappa shape index (κ2) is 7.64. The molecule has 0 fully saturated rings. The third-order valence-electron chi connectivity index (χ3n) is 3.38. The molecule has 1 aromatic rings. The minimum absolute atomic E-state index is 0.180. The zero-order valence-electron chi connectivity index (χ0n) is 12.8. The standard InChI is InChI=1S/C15H22N2O4/c1-10(15(19)20)9-17(3)11(2)14(18)16-12-5-7-13(21-4)8-6-12/h5-8,10-11H,9H2,1-4H3,(H,16,18)(H,19,20). The highest BCUT2D eigenvalue weighted by atomic mass is 16.5. The first-order chi connectivity index (χ1) is 9.85. The van der Waals surface area contributed by atoms with E-state index < -0.39 is 17.9 Å². The molecule has 0 radical (unpaired) electrons. The molecule has 0 aliphatic heterocycles. The number of carbonyl (C=O) groups excluding carboxylic acids is 1.